The molecule has 0 aliphatic rings. The van der Waals surface area contributed by atoms with Crippen molar-refractivity contribution in [3.05, 3.63) is 64.7 Å². The Bertz CT molecular complexity index is 1370. The third-order valence-corrected chi connectivity index (χ3v) is 5.71. The summed E-state index contributed by atoms with van der Waals surface area (Å²) in [5.41, 5.74) is 2.24. The molecule has 0 heterocycles. The highest BCUT2D eigenvalue weighted by Crippen LogP contribution is 2.23. The number of carbonyl (C=O) groups is 3. The third-order valence-electron chi connectivity index (χ3n) is 5.11. The first-order chi connectivity index (χ1) is 18.2. The summed E-state index contributed by atoms with van der Waals surface area (Å²) in [7, 11) is -3.46. The summed E-state index contributed by atoms with van der Waals surface area (Å²) >= 11 is 0. The van der Waals surface area contributed by atoms with Crippen molar-refractivity contribution in [1.29, 1.82) is 5.26 Å². The number of ketones is 1. The van der Waals surface area contributed by atoms with Crippen LogP contribution in [0, 0.1) is 18.3 Å². The van der Waals surface area contributed by atoms with E-state index < -0.39 is 27.7 Å². The SMILES string of the molecule is Cc1cc(N(CC(=O)OC(C)C)CC(=O)OC(C)C)ccc1C=C(C#N)C(=O)c1ccc(NS(C)(=O)=O)cc1. The zero-order valence-electron chi connectivity index (χ0n) is 22.8. The number of nitriles is 1. The number of esters is 2. The van der Waals surface area contributed by atoms with Gasteiger partial charge >= 0.3 is 11.9 Å². The largest absolute Gasteiger partial charge is 0.462 e. The van der Waals surface area contributed by atoms with Crippen molar-refractivity contribution in [2.24, 2.45) is 0 Å². The lowest BCUT2D eigenvalue weighted by Gasteiger charge is -2.24. The summed E-state index contributed by atoms with van der Waals surface area (Å²) in [6.45, 7) is 8.35. The highest BCUT2D eigenvalue weighted by molar-refractivity contribution is 7.92. The number of Topliss-reactive ketones (excluding diaryl/α,β-unsaturated/α-hetero) is 1. The Kier molecular flexibility index (Phi) is 10.8. The molecule has 0 radical (unpaired) electrons. The van der Waals surface area contributed by atoms with Crippen molar-refractivity contribution in [3.8, 4) is 6.07 Å². The Morgan fingerprint density at radius 1 is 0.974 bits per heavy atom. The molecular weight excluding hydrogens is 522 g/mol. The maximum absolute atomic E-state index is 12.9. The van der Waals surface area contributed by atoms with Crippen LogP contribution < -0.4 is 9.62 Å². The van der Waals surface area contributed by atoms with Crippen molar-refractivity contribution < 1.29 is 32.3 Å². The molecule has 0 saturated heterocycles. The maximum atomic E-state index is 12.9. The first-order valence-electron chi connectivity index (χ1n) is 12.2. The molecular formula is C28H33N3O7S. The van der Waals surface area contributed by atoms with Crippen LogP contribution in [0.1, 0.15) is 49.2 Å². The predicted octanol–water partition coefficient (Wildman–Crippen LogP) is 3.87. The number of nitrogens with zero attached hydrogens (tertiary/aromatic N) is 2. The van der Waals surface area contributed by atoms with Crippen LogP contribution in [0.15, 0.2) is 48.0 Å². The number of aryl methyl sites for hydroxylation is 1. The summed E-state index contributed by atoms with van der Waals surface area (Å²) in [6, 6.07) is 12.8. The lowest BCUT2D eigenvalue weighted by molar-refractivity contribution is -0.146. The summed E-state index contributed by atoms with van der Waals surface area (Å²) in [4.78, 5) is 39.2. The molecule has 0 bridgehead atoms. The molecule has 10 nitrogen and oxygen atoms in total. The number of ether oxygens (including phenoxy) is 2. The van der Waals surface area contributed by atoms with E-state index in [4.69, 9.17) is 9.47 Å². The normalized spacial score (nSPS) is 11.6. The van der Waals surface area contributed by atoms with E-state index in [2.05, 4.69) is 4.72 Å². The number of hydrogen-bond acceptors (Lipinski definition) is 9. The third kappa shape index (κ3) is 10.2. The van der Waals surface area contributed by atoms with Crippen molar-refractivity contribution in [2.45, 2.75) is 46.8 Å². The zero-order valence-corrected chi connectivity index (χ0v) is 23.7. The van der Waals surface area contributed by atoms with E-state index in [0.717, 1.165) is 6.26 Å². The molecule has 0 aliphatic carbocycles. The predicted molar refractivity (Wildman–Crippen MR) is 149 cm³/mol. The van der Waals surface area contributed by atoms with Crippen LogP contribution in [0.25, 0.3) is 6.08 Å². The highest BCUT2D eigenvalue weighted by Gasteiger charge is 2.20. The van der Waals surface area contributed by atoms with Crippen molar-refractivity contribution in [3.63, 3.8) is 0 Å². The molecule has 208 valence electrons. The molecule has 0 spiro atoms. The average molecular weight is 556 g/mol. The standard InChI is InChI=1S/C28H33N3O7S/c1-18(2)37-26(32)16-31(17-27(33)38-19(3)4)25-12-9-22(20(5)13-25)14-23(15-29)28(34)21-7-10-24(11-8-21)30-39(6,35)36/h7-14,18-19,30H,16-17H2,1-6H3. The van der Waals surface area contributed by atoms with Gasteiger partial charge in [0, 0.05) is 16.9 Å². The van der Waals surface area contributed by atoms with Crippen LogP contribution in [0.3, 0.4) is 0 Å². The van der Waals surface area contributed by atoms with Crippen LogP contribution in [0.4, 0.5) is 11.4 Å². The molecule has 0 atom stereocenters. The molecule has 1 N–H and O–H groups in total. The van der Waals surface area contributed by atoms with Gasteiger partial charge in [-0.3, -0.25) is 19.1 Å². The van der Waals surface area contributed by atoms with Gasteiger partial charge in [-0.2, -0.15) is 5.26 Å². The number of anilines is 2. The summed E-state index contributed by atoms with van der Waals surface area (Å²) in [6.07, 6.45) is 1.84. The van der Waals surface area contributed by atoms with Crippen LogP contribution in [0.5, 0.6) is 0 Å². The van der Waals surface area contributed by atoms with Gasteiger partial charge in [0.1, 0.15) is 24.7 Å². The smallest absolute Gasteiger partial charge is 0.325 e. The van der Waals surface area contributed by atoms with Crippen LogP contribution in [-0.2, 0) is 29.1 Å². The van der Waals surface area contributed by atoms with Crippen LogP contribution >= 0.6 is 0 Å². The number of nitrogens with one attached hydrogen (secondary N) is 1. The number of benzene rings is 2. The Morgan fingerprint density at radius 2 is 1.51 bits per heavy atom. The number of carbonyl (C=O) groups excluding carboxylic acids is 3. The minimum absolute atomic E-state index is 0.118. The van der Waals surface area contributed by atoms with Crippen LogP contribution in [0.2, 0.25) is 0 Å². The number of rotatable bonds is 12. The molecule has 11 heteroatoms. The zero-order chi connectivity index (χ0) is 29.3. The van der Waals surface area contributed by atoms with Gasteiger partial charge in [-0.1, -0.05) is 6.07 Å². The first-order valence-corrected chi connectivity index (χ1v) is 14.1. The second-order valence-electron chi connectivity index (χ2n) is 9.42. The van der Waals surface area contributed by atoms with E-state index >= 15 is 0 Å². The molecule has 0 aliphatic heterocycles. The Morgan fingerprint density at radius 3 is 1.95 bits per heavy atom. The second kappa shape index (κ2) is 13.6. The molecule has 2 aromatic carbocycles. The van der Waals surface area contributed by atoms with E-state index in [1.54, 1.807) is 57.7 Å². The van der Waals surface area contributed by atoms with Crippen molar-refractivity contribution in [2.75, 3.05) is 29.0 Å². The summed E-state index contributed by atoms with van der Waals surface area (Å²) < 4.78 is 35.6. The number of sulfonamides is 1. The first kappa shape index (κ1) is 31.1. The fraction of sp³-hybridized carbons (Fsp3) is 0.357. The number of hydrogen-bond donors (Lipinski definition) is 1. The second-order valence-corrected chi connectivity index (χ2v) is 11.2. The van der Waals surface area contributed by atoms with Crippen LogP contribution in [-0.4, -0.2) is 57.7 Å². The van der Waals surface area contributed by atoms with E-state index in [-0.39, 0.29) is 36.4 Å². The van der Waals surface area contributed by atoms with Crippen molar-refractivity contribution in [1.82, 2.24) is 0 Å². The maximum Gasteiger partial charge on any atom is 0.325 e. The summed E-state index contributed by atoms with van der Waals surface area (Å²) in [5.74, 6) is -1.53. The van der Waals surface area contributed by atoms with E-state index in [1.165, 1.54) is 30.3 Å². The minimum Gasteiger partial charge on any atom is -0.462 e. The lowest BCUT2D eigenvalue weighted by atomic mass is 9.99. The van der Waals surface area contributed by atoms with Crippen molar-refractivity contribution >= 4 is 45.2 Å². The Balaban J connectivity index is 2.32. The fourth-order valence-electron chi connectivity index (χ4n) is 3.53. The molecule has 2 aromatic rings. The lowest BCUT2D eigenvalue weighted by Crippen LogP contribution is -2.37. The van der Waals surface area contributed by atoms with Gasteiger partial charge in [0.15, 0.2) is 0 Å². The van der Waals surface area contributed by atoms with Gasteiger partial charge in [-0.15, -0.1) is 0 Å². The van der Waals surface area contributed by atoms with Gasteiger partial charge < -0.3 is 14.4 Å². The average Bonchev–Trinajstić information content (AvgIpc) is 2.81. The monoisotopic (exact) mass is 555 g/mol. The molecule has 0 amide bonds. The molecule has 0 unspecified atom stereocenters. The molecule has 0 aromatic heterocycles. The minimum atomic E-state index is -3.46. The summed E-state index contributed by atoms with van der Waals surface area (Å²) in [5, 5.41) is 9.66. The van der Waals surface area contributed by atoms with Gasteiger partial charge in [0.05, 0.1) is 18.5 Å². The van der Waals surface area contributed by atoms with Gasteiger partial charge in [-0.25, -0.2) is 8.42 Å². The topological polar surface area (TPSA) is 143 Å². The van der Waals surface area contributed by atoms with E-state index in [0.29, 0.717) is 22.5 Å². The quantitative estimate of drug-likeness (QED) is 0.179. The molecule has 2 rings (SSSR count). The van der Waals surface area contributed by atoms with Gasteiger partial charge in [0.25, 0.3) is 0 Å². The molecule has 0 fully saturated rings. The Labute approximate surface area is 229 Å². The highest BCUT2D eigenvalue weighted by atomic mass is 32.2. The molecule has 39 heavy (non-hydrogen) atoms. The number of allylic oxidation sites excluding steroid dienone is 1. The fourth-order valence-corrected chi connectivity index (χ4v) is 4.10. The van der Waals surface area contributed by atoms with Gasteiger partial charge in [-0.05, 0) is 88.2 Å². The van der Waals surface area contributed by atoms with Gasteiger partial charge in [0.2, 0.25) is 15.8 Å². The van der Waals surface area contributed by atoms with E-state index in [1.807, 2.05) is 6.07 Å². The molecule has 0 saturated carbocycles. The Hall–Kier alpha value is -4.17. The van der Waals surface area contributed by atoms with E-state index in [9.17, 15) is 28.1 Å².